The standard InChI is InChI=1S/C15H25NOS/c1-7-12-16(5)18(6,17)14-10-8-13(9-11-14)15(2,3)4/h8-11H,6-7,12H2,1-5H3. The average Bonchev–Trinajstić information content (AvgIpc) is 2.28. The molecule has 0 aliphatic rings. The van der Waals surface area contributed by atoms with Crippen molar-refractivity contribution >= 4 is 15.6 Å². The Morgan fingerprint density at radius 1 is 1.22 bits per heavy atom. The molecule has 1 unspecified atom stereocenters. The molecule has 0 heterocycles. The summed E-state index contributed by atoms with van der Waals surface area (Å²) in [6.45, 7) is 9.39. The van der Waals surface area contributed by atoms with E-state index in [1.54, 1.807) is 0 Å². The van der Waals surface area contributed by atoms with Gasteiger partial charge in [0, 0.05) is 11.4 Å². The van der Waals surface area contributed by atoms with Crippen LogP contribution in [-0.2, 0) is 15.1 Å². The lowest BCUT2D eigenvalue weighted by Crippen LogP contribution is -2.27. The van der Waals surface area contributed by atoms with Crippen molar-refractivity contribution in [1.29, 1.82) is 0 Å². The van der Waals surface area contributed by atoms with Crippen molar-refractivity contribution in [1.82, 2.24) is 4.31 Å². The van der Waals surface area contributed by atoms with Gasteiger partial charge in [-0.15, -0.1) is 0 Å². The van der Waals surface area contributed by atoms with E-state index in [-0.39, 0.29) is 5.41 Å². The van der Waals surface area contributed by atoms with Gasteiger partial charge < -0.3 is 0 Å². The summed E-state index contributed by atoms with van der Waals surface area (Å²) in [5.74, 6) is 3.90. The van der Waals surface area contributed by atoms with E-state index in [4.69, 9.17) is 0 Å². The molecule has 0 saturated heterocycles. The van der Waals surface area contributed by atoms with Crippen LogP contribution in [0.15, 0.2) is 29.2 Å². The summed E-state index contributed by atoms with van der Waals surface area (Å²) in [5.41, 5.74) is 1.37. The minimum atomic E-state index is -2.33. The van der Waals surface area contributed by atoms with Crippen LogP contribution in [0.3, 0.4) is 0 Å². The van der Waals surface area contributed by atoms with Gasteiger partial charge >= 0.3 is 0 Å². The van der Waals surface area contributed by atoms with Crippen LogP contribution >= 0.6 is 0 Å². The minimum absolute atomic E-state index is 0.121. The second kappa shape index (κ2) is 5.45. The second-order valence-corrected chi connectivity index (χ2v) is 8.14. The first-order valence-corrected chi connectivity index (χ1v) is 8.07. The Bertz CT molecular complexity index is 480. The van der Waals surface area contributed by atoms with Crippen molar-refractivity contribution in [3.05, 3.63) is 29.8 Å². The van der Waals surface area contributed by atoms with Crippen LogP contribution in [0.4, 0.5) is 0 Å². The highest BCUT2D eigenvalue weighted by atomic mass is 32.2. The summed E-state index contributed by atoms with van der Waals surface area (Å²) in [5, 5.41) is 0. The molecule has 102 valence electrons. The molecule has 0 aliphatic carbocycles. The summed E-state index contributed by atoms with van der Waals surface area (Å²) in [7, 11) is -0.459. The molecular formula is C15H25NOS. The first-order valence-electron chi connectivity index (χ1n) is 6.38. The minimum Gasteiger partial charge on any atom is -0.248 e. The Kier molecular flexibility index (Phi) is 4.62. The number of nitrogens with zero attached hydrogens (tertiary/aromatic N) is 1. The summed E-state index contributed by atoms with van der Waals surface area (Å²) >= 11 is 0. The maximum Gasteiger partial charge on any atom is 0.0555 e. The zero-order valence-electron chi connectivity index (χ0n) is 12.2. The van der Waals surface area contributed by atoms with Crippen LogP contribution in [0.5, 0.6) is 0 Å². The zero-order valence-corrected chi connectivity index (χ0v) is 13.0. The highest BCUT2D eigenvalue weighted by Gasteiger charge is 2.16. The molecule has 3 heteroatoms. The zero-order chi connectivity index (χ0) is 14.0. The Morgan fingerprint density at radius 2 is 1.72 bits per heavy atom. The molecule has 1 aromatic rings. The predicted molar refractivity (Wildman–Crippen MR) is 81.6 cm³/mol. The van der Waals surface area contributed by atoms with Gasteiger partial charge in [-0.05, 0) is 42.5 Å². The van der Waals surface area contributed by atoms with Crippen LogP contribution in [0.1, 0.15) is 39.7 Å². The number of hydrogen-bond acceptors (Lipinski definition) is 1. The van der Waals surface area contributed by atoms with Crippen molar-refractivity contribution in [3.63, 3.8) is 0 Å². The molecule has 0 radical (unpaired) electrons. The molecule has 0 saturated carbocycles. The lowest BCUT2D eigenvalue weighted by molar-refractivity contribution is 0.516. The van der Waals surface area contributed by atoms with E-state index in [1.165, 1.54) is 5.56 Å². The fraction of sp³-hybridized carbons (Fsp3) is 0.533. The van der Waals surface area contributed by atoms with Gasteiger partial charge in [0.1, 0.15) is 0 Å². The molecule has 1 atom stereocenters. The smallest absolute Gasteiger partial charge is 0.0555 e. The second-order valence-electron chi connectivity index (χ2n) is 5.77. The van der Waals surface area contributed by atoms with E-state index < -0.39 is 9.71 Å². The van der Waals surface area contributed by atoms with Crippen LogP contribution in [0.25, 0.3) is 0 Å². The third-order valence-corrected chi connectivity index (χ3v) is 5.33. The van der Waals surface area contributed by atoms with Gasteiger partial charge in [0.25, 0.3) is 0 Å². The molecule has 1 rings (SSSR count). The molecule has 0 fully saturated rings. The Labute approximate surface area is 112 Å². The first-order chi connectivity index (χ1) is 8.19. The molecule has 0 amide bonds. The molecule has 0 spiro atoms. The molecule has 2 nitrogen and oxygen atoms in total. The summed E-state index contributed by atoms with van der Waals surface area (Å²) in [4.78, 5) is 0.812. The van der Waals surface area contributed by atoms with Crippen molar-refractivity contribution in [2.24, 2.45) is 0 Å². The summed E-state index contributed by atoms with van der Waals surface area (Å²) in [6, 6.07) is 8.00. The lowest BCUT2D eigenvalue weighted by atomic mass is 9.87. The Hall–Kier alpha value is -0.800. The van der Waals surface area contributed by atoms with E-state index in [1.807, 2.05) is 23.5 Å². The van der Waals surface area contributed by atoms with Gasteiger partial charge in [-0.25, -0.2) is 8.51 Å². The molecule has 0 aromatic heterocycles. The summed E-state index contributed by atoms with van der Waals surface area (Å²) < 4.78 is 14.5. The van der Waals surface area contributed by atoms with Gasteiger partial charge in [-0.3, -0.25) is 0 Å². The van der Waals surface area contributed by atoms with E-state index in [9.17, 15) is 4.21 Å². The maximum atomic E-state index is 12.7. The van der Waals surface area contributed by atoms with E-state index in [0.717, 1.165) is 17.9 Å². The maximum absolute atomic E-state index is 12.7. The fourth-order valence-corrected chi connectivity index (χ4v) is 3.21. The fourth-order valence-electron chi connectivity index (χ4n) is 1.81. The predicted octanol–water partition coefficient (Wildman–Crippen LogP) is 3.32. The SMILES string of the molecule is C=S(=O)(c1ccc(C(C)(C)C)cc1)N(C)CCC. The molecule has 0 aliphatic heterocycles. The topological polar surface area (TPSA) is 20.3 Å². The normalized spacial score (nSPS) is 15.7. The number of benzene rings is 1. The monoisotopic (exact) mass is 267 g/mol. The molecule has 18 heavy (non-hydrogen) atoms. The lowest BCUT2D eigenvalue weighted by Gasteiger charge is -2.23. The van der Waals surface area contributed by atoms with Gasteiger partial charge in [0.15, 0.2) is 0 Å². The Balaban J connectivity index is 3.05. The third-order valence-electron chi connectivity index (χ3n) is 3.13. The first kappa shape index (κ1) is 15.3. The molecular weight excluding hydrogens is 242 g/mol. The van der Waals surface area contributed by atoms with Crippen LogP contribution < -0.4 is 0 Å². The van der Waals surface area contributed by atoms with E-state index >= 15 is 0 Å². The largest absolute Gasteiger partial charge is 0.248 e. The molecule has 0 N–H and O–H groups in total. The highest BCUT2D eigenvalue weighted by Crippen LogP contribution is 2.24. The number of hydrogen-bond donors (Lipinski definition) is 0. The van der Waals surface area contributed by atoms with Crippen molar-refractivity contribution in [3.8, 4) is 0 Å². The van der Waals surface area contributed by atoms with Gasteiger partial charge in [0.05, 0.1) is 9.71 Å². The molecule has 0 bridgehead atoms. The van der Waals surface area contributed by atoms with Gasteiger partial charge in [-0.2, -0.15) is 0 Å². The van der Waals surface area contributed by atoms with Gasteiger partial charge in [0.2, 0.25) is 0 Å². The molecule has 1 aromatic carbocycles. The quantitative estimate of drug-likeness (QED) is 0.766. The van der Waals surface area contributed by atoms with E-state index in [2.05, 4.69) is 45.7 Å². The van der Waals surface area contributed by atoms with Gasteiger partial charge in [-0.1, -0.05) is 39.8 Å². The van der Waals surface area contributed by atoms with E-state index in [0.29, 0.717) is 0 Å². The van der Waals surface area contributed by atoms with Crippen molar-refractivity contribution < 1.29 is 4.21 Å². The van der Waals surface area contributed by atoms with Crippen LogP contribution in [0, 0.1) is 0 Å². The number of rotatable bonds is 4. The summed E-state index contributed by atoms with van der Waals surface area (Å²) in [6.07, 6.45) is 0.975. The highest BCUT2D eigenvalue weighted by molar-refractivity contribution is 7.98. The third kappa shape index (κ3) is 3.36. The van der Waals surface area contributed by atoms with Crippen LogP contribution in [0.2, 0.25) is 0 Å². The van der Waals surface area contributed by atoms with Crippen molar-refractivity contribution in [2.45, 2.75) is 44.4 Å². The average molecular weight is 267 g/mol. The van der Waals surface area contributed by atoms with Crippen LogP contribution in [-0.4, -0.2) is 28.0 Å². The Morgan fingerprint density at radius 3 is 2.11 bits per heavy atom. The van der Waals surface area contributed by atoms with Crippen molar-refractivity contribution in [2.75, 3.05) is 13.6 Å².